The first-order valence-corrected chi connectivity index (χ1v) is 11.0. The van der Waals surface area contributed by atoms with Crippen LogP contribution in [0.2, 0.25) is 5.67 Å². The fraction of sp³-hybridized carbons (Fsp3) is 1.00. The van der Waals surface area contributed by atoms with Crippen molar-refractivity contribution < 1.29 is 0 Å². The van der Waals surface area contributed by atoms with E-state index in [1.807, 2.05) is 0 Å². The Morgan fingerprint density at radius 2 is 0.882 bits per heavy atom. The third kappa shape index (κ3) is 10.0. The van der Waals surface area contributed by atoms with Crippen LogP contribution in [0.15, 0.2) is 0 Å². The highest BCUT2D eigenvalue weighted by atomic mass is 28.3. The van der Waals surface area contributed by atoms with Gasteiger partial charge in [0, 0.05) is 0 Å². The molecular weight excluding hydrogens is 240 g/mol. The minimum absolute atomic E-state index is 0.0800. The topological polar surface area (TPSA) is 6.48 Å². The van der Waals surface area contributed by atoms with E-state index in [4.69, 9.17) is 0 Å². The van der Waals surface area contributed by atoms with Crippen molar-refractivity contribution in [2.45, 2.75) is 59.0 Å². The van der Waals surface area contributed by atoms with Crippen LogP contribution in [0.4, 0.5) is 0 Å². The number of hydrogen-bond donors (Lipinski definition) is 0. The van der Waals surface area contributed by atoms with E-state index >= 15 is 0 Å². The second-order valence-electron chi connectivity index (χ2n) is 5.04. The molecule has 0 amide bonds. The van der Waals surface area contributed by atoms with Crippen molar-refractivity contribution in [1.29, 1.82) is 0 Å². The van der Waals surface area contributed by atoms with E-state index in [1.165, 1.54) is 51.9 Å². The second-order valence-corrected chi connectivity index (χ2v) is 10.5. The third-order valence-corrected chi connectivity index (χ3v) is 8.17. The van der Waals surface area contributed by atoms with E-state index in [9.17, 15) is 0 Å². The van der Waals surface area contributed by atoms with Crippen LogP contribution < -0.4 is 0 Å². The lowest BCUT2D eigenvalue weighted by atomic mass is 10.4. The van der Waals surface area contributed by atoms with Crippen molar-refractivity contribution in [3.05, 3.63) is 0 Å². The zero-order chi connectivity index (χ0) is 12.9. The molecule has 0 aliphatic heterocycles. The Labute approximate surface area is 114 Å². The summed E-state index contributed by atoms with van der Waals surface area (Å²) >= 11 is 0. The SMILES string of the molecule is CCCN(CCC)[SiH2]C[SiH2]N(CCC)CCC. The third-order valence-electron chi connectivity index (χ3n) is 3.11. The number of rotatable bonds is 12. The maximum absolute atomic E-state index is 2.79. The molecule has 0 aromatic heterocycles. The minimum Gasteiger partial charge on any atom is -0.329 e. The maximum atomic E-state index is 2.79. The first-order chi connectivity index (χ1) is 8.28. The lowest BCUT2D eigenvalue weighted by molar-refractivity contribution is 0.433. The Morgan fingerprint density at radius 3 is 1.12 bits per heavy atom. The molecule has 0 atom stereocenters. The van der Waals surface area contributed by atoms with Crippen molar-refractivity contribution in [3.63, 3.8) is 0 Å². The first-order valence-electron chi connectivity index (χ1n) is 7.73. The molecule has 0 saturated heterocycles. The molecule has 0 aromatic rings. The van der Waals surface area contributed by atoms with Gasteiger partial charge in [0.2, 0.25) is 0 Å². The van der Waals surface area contributed by atoms with Crippen LogP contribution in [-0.2, 0) is 0 Å². The van der Waals surface area contributed by atoms with Gasteiger partial charge in [-0.15, -0.1) is 0 Å². The molecule has 0 radical (unpaired) electrons. The normalized spacial score (nSPS) is 13.1. The van der Waals surface area contributed by atoms with Crippen molar-refractivity contribution in [1.82, 2.24) is 9.13 Å². The van der Waals surface area contributed by atoms with Gasteiger partial charge in [-0.3, -0.25) is 0 Å². The van der Waals surface area contributed by atoms with E-state index in [1.54, 1.807) is 5.67 Å². The van der Waals surface area contributed by atoms with E-state index in [0.29, 0.717) is 0 Å². The standard InChI is InChI=1S/C13H34N2Si2/c1-5-9-14(10-6-2)16-13-17-15(11-7-3)12-8-4/h5-13,16-17H2,1-4H3. The summed E-state index contributed by atoms with van der Waals surface area (Å²) in [5.74, 6) is 0. The molecule has 17 heavy (non-hydrogen) atoms. The van der Waals surface area contributed by atoms with Gasteiger partial charge in [0.25, 0.3) is 0 Å². The second kappa shape index (κ2) is 12.8. The molecule has 0 bridgehead atoms. The smallest absolute Gasteiger partial charge is 0.0931 e. The van der Waals surface area contributed by atoms with Crippen LogP contribution in [0.5, 0.6) is 0 Å². The predicted molar refractivity (Wildman–Crippen MR) is 86.2 cm³/mol. The molecule has 2 nitrogen and oxygen atoms in total. The average Bonchev–Trinajstić information content (AvgIpc) is 2.30. The Balaban J connectivity index is 3.73. The first kappa shape index (κ1) is 17.4. The molecule has 0 rings (SSSR count). The van der Waals surface area contributed by atoms with Crippen LogP contribution >= 0.6 is 0 Å². The van der Waals surface area contributed by atoms with Crippen LogP contribution in [0, 0.1) is 0 Å². The zero-order valence-electron chi connectivity index (χ0n) is 12.7. The predicted octanol–water partition coefficient (Wildman–Crippen LogP) is 1.77. The summed E-state index contributed by atoms with van der Waals surface area (Å²) in [6, 6.07) is 0. The monoisotopic (exact) mass is 274 g/mol. The zero-order valence-corrected chi connectivity index (χ0v) is 15.5. The molecule has 0 aromatic carbocycles. The van der Waals surface area contributed by atoms with E-state index in [2.05, 4.69) is 36.8 Å². The number of hydrogen-bond acceptors (Lipinski definition) is 2. The largest absolute Gasteiger partial charge is 0.329 e. The van der Waals surface area contributed by atoms with Crippen LogP contribution in [0.3, 0.4) is 0 Å². The molecule has 104 valence electrons. The van der Waals surface area contributed by atoms with Gasteiger partial charge >= 0.3 is 0 Å². The van der Waals surface area contributed by atoms with E-state index in [-0.39, 0.29) is 19.4 Å². The highest BCUT2D eigenvalue weighted by Crippen LogP contribution is 1.98. The molecule has 0 unspecified atom stereocenters. The minimum atomic E-state index is 0.0800. The Bertz CT molecular complexity index is 128. The maximum Gasteiger partial charge on any atom is 0.0931 e. The summed E-state index contributed by atoms with van der Waals surface area (Å²) in [7, 11) is 0.160. The van der Waals surface area contributed by atoms with Gasteiger partial charge in [-0.1, -0.05) is 27.7 Å². The lowest BCUT2D eigenvalue weighted by Gasteiger charge is -2.24. The van der Waals surface area contributed by atoms with Gasteiger partial charge in [-0.05, 0) is 57.5 Å². The van der Waals surface area contributed by atoms with Gasteiger partial charge in [-0.25, -0.2) is 0 Å². The summed E-state index contributed by atoms with van der Waals surface area (Å²) in [5.41, 5.74) is 1.61. The van der Waals surface area contributed by atoms with Crippen LogP contribution in [0.1, 0.15) is 53.4 Å². The van der Waals surface area contributed by atoms with Crippen molar-refractivity contribution in [2.24, 2.45) is 0 Å². The summed E-state index contributed by atoms with van der Waals surface area (Å²) in [6.07, 6.45) is 5.34. The lowest BCUT2D eigenvalue weighted by Crippen LogP contribution is -2.35. The van der Waals surface area contributed by atoms with Gasteiger partial charge < -0.3 is 9.13 Å². The Kier molecular flexibility index (Phi) is 13.1. The van der Waals surface area contributed by atoms with Gasteiger partial charge in [-0.2, -0.15) is 0 Å². The van der Waals surface area contributed by atoms with Gasteiger partial charge in [0.15, 0.2) is 0 Å². The summed E-state index contributed by atoms with van der Waals surface area (Å²) in [4.78, 5) is 0. The average molecular weight is 275 g/mol. The van der Waals surface area contributed by atoms with Crippen molar-refractivity contribution in [3.8, 4) is 0 Å². The summed E-state index contributed by atoms with van der Waals surface area (Å²) in [5, 5.41) is 0. The Morgan fingerprint density at radius 1 is 0.588 bits per heavy atom. The quantitative estimate of drug-likeness (QED) is 0.501. The molecule has 4 heteroatoms. The van der Waals surface area contributed by atoms with Crippen LogP contribution in [-0.4, -0.2) is 54.7 Å². The molecule has 0 fully saturated rings. The molecule has 0 N–H and O–H groups in total. The molecule has 0 saturated carbocycles. The molecular formula is C13H34N2Si2. The molecule has 0 spiro atoms. The highest BCUT2D eigenvalue weighted by molar-refractivity contribution is 6.52. The van der Waals surface area contributed by atoms with Crippen molar-refractivity contribution >= 4 is 19.4 Å². The number of nitrogens with zero attached hydrogens (tertiary/aromatic N) is 2. The van der Waals surface area contributed by atoms with E-state index < -0.39 is 0 Å². The fourth-order valence-corrected chi connectivity index (χ4v) is 8.76. The highest BCUT2D eigenvalue weighted by Gasteiger charge is 2.06. The molecule has 0 aliphatic carbocycles. The van der Waals surface area contributed by atoms with Gasteiger partial charge in [0.1, 0.15) is 0 Å². The van der Waals surface area contributed by atoms with E-state index in [0.717, 1.165) is 0 Å². The fourth-order valence-electron chi connectivity index (χ4n) is 2.45. The summed E-state index contributed by atoms with van der Waals surface area (Å²) in [6.45, 7) is 14.7. The molecule has 0 aliphatic rings. The van der Waals surface area contributed by atoms with Crippen LogP contribution in [0.25, 0.3) is 0 Å². The Hall–Kier alpha value is 0.354. The van der Waals surface area contributed by atoms with Gasteiger partial charge in [0.05, 0.1) is 19.4 Å². The summed E-state index contributed by atoms with van der Waals surface area (Å²) < 4.78 is 5.59. The van der Waals surface area contributed by atoms with Crippen molar-refractivity contribution in [2.75, 3.05) is 26.2 Å². The molecule has 0 heterocycles.